The van der Waals surface area contributed by atoms with Crippen LogP contribution in [0.1, 0.15) is 43.3 Å². The summed E-state index contributed by atoms with van der Waals surface area (Å²) in [6, 6.07) is 3.43. The van der Waals surface area contributed by atoms with Crippen LogP contribution in [0, 0.1) is 5.41 Å². The number of Topliss-reactive ketones (excluding diaryl/α,β-unsaturated/α-hetero) is 1. The smallest absolute Gasteiger partial charge is 0.174 e. The van der Waals surface area contributed by atoms with Gasteiger partial charge in [0.2, 0.25) is 0 Å². The molecular weight excluding hydrogens is 242 g/mol. The molecule has 0 spiro atoms. The van der Waals surface area contributed by atoms with Crippen molar-refractivity contribution in [3.05, 3.63) is 21.3 Å². The zero-order valence-corrected chi connectivity index (χ0v) is 11.5. The van der Waals surface area contributed by atoms with E-state index < -0.39 is 0 Å². The van der Waals surface area contributed by atoms with E-state index in [1.54, 1.807) is 12.1 Å². The van der Waals surface area contributed by atoms with E-state index >= 15 is 0 Å². The molecule has 0 saturated heterocycles. The predicted octanol–water partition coefficient (Wildman–Crippen LogP) is 3.74. The molecule has 16 heavy (non-hydrogen) atoms. The van der Waals surface area contributed by atoms with Crippen LogP contribution >= 0.6 is 22.9 Å². The Morgan fingerprint density at radius 3 is 2.56 bits per heavy atom. The molecule has 1 rings (SSSR count). The SMILES string of the molecule is CC(C)(C)CC(N)CC(=O)c1ccc(Cl)s1. The molecule has 90 valence electrons. The molecule has 0 aliphatic rings. The second-order valence-electron chi connectivity index (χ2n) is 5.26. The minimum atomic E-state index is -0.0756. The van der Waals surface area contributed by atoms with Gasteiger partial charge >= 0.3 is 0 Å². The molecule has 0 bridgehead atoms. The molecule has 0 aliphatic carbocycles. The molecule has 1 atom stereocenters. The molecule has 4 heteroatoms. The Kier molecular flexibility index (Phi) is 4.53. The maximum atomic E-state index is 11.8. The van der Waals surface area contributed by atoms with Crippen molar-refractivity contribution in [2.75, 3.05) is 0 Å². The number of hydrogen-bond donors (Lipinski definition) is 1. The van der Waals surface area contributed by atoms with Crippen molar-refractivity contribution in [1.29, 1.82) is 0 Å². The van der Waals surface area contributed by atoms with E-state index in [2.05, 4.69) is 20.8 Å². The average molecular weight is 260 g/mol. The number of ketones is 1. The summed E-state index contributed by atoms with van der Waals surface area (Å²) in [5.74, 6) is 0.0913. The van der Waals surface area contributed by atoms with E-state index in [4.69, 9.17) is 17.3 Å². The third kappa shape index (κ3) is 4.64. The van der Waals surface area contributed by atoms with Crippen molar-refractivity contribution in [2.45, 2.75) is 39.7 Å². The fourth-order valence-electron chi connectivity index (χ4n) is 1.66. The normalized spacial score (nSPS) is 13.8. The van der Waals surface area contributed by atoms with E-state index in [-0.39, 0.29) is 17.2 Å². The van der Waals surface area contributed by atoms with Gasteiger partial charge in [-0.15, -0.1) is 11.3 Å². The molecule has 1 aromatic rings. The molecule has 1 aromatic heterocycles. The molecule has 0 saturated carbocycles. The van der Waals surface area contributed by atoms with Crippen LogP contribution in [0.2, 0.25) is 4.34 Å². The number of carbonyl (C=O) groups is 1. The van der Waals surface area contributed by atoms with Crippen LogP contribution in [0.15, 0.2) is 12.1 Å². The zero-order valence-electron chi connectivity index (χ0n) is 9.92. The summed E-state index contributed by atoms with van der Waals surface area (Å²) < 4.78 is 0.646. The minimum Gasteiger partial charge on any atom is -0.327 e. The first-order valence-corrected chi connectivity index (χ1v) is 6.51. The third-order valence-electron chi connectivity index (χ3n) is 2.17. The summed E-state index contributed by atoms with van der Waals surface area (Å²) in [7, 11) is 0. The number of thiophene rings is 1. The molecule has 0 aliphatic heterocycles. The Morgan fingerprint density at radius 2 is 2.12 bits per heavy atom. The van der Waals surface area contributed by atoms with Crippen molar-refractivity contribution in [3.8, 4) is 0 Å². The summed E-state index contributed by atoms with van der Waals surface area (Å²) in [5, 5.41) is 0. The number of halogens is 1. The fraction of sp³-hybridized carbons (Fsp3) is 0.583. The van der Waals surface area contributed by atoms with Crippen LogP contribution < -0.4 is 5.73 Å². The lowest BCUT2D eigenvalue weighted by atomic mass is 9.87. The first-order chi connectivity index (χ1) is 7.28. The van der Waals surface area contributed by atoms with Crippen molar-refractivity contribution >= 4 is 28.7 Å². The first-order valence-electron chi connectivity index (χ1n) is 5.32. The van der Waals surface area contributed by atoms with Gasteiger partial charge in [-0.3, -0.25) is 4.79 Å². The maximum Gasteiger partial charge on any atom is 0.174 e. The lowest BCUT2D eigenvalue weighted by molar-refractivity contribution is 0.0972. The van der Waals surface area contributed by atoms with Gasteiger partial charge in [0.05, 0.1) is 9.21 Å². The number of rotatable bonds is 4. The van der Waals surface area contributed by atoms with Crippen molar-refractivity contribution < 1.29 is 4.79 Å². The van der Waals surface area contributed by atoms with Gasteiger partial charge in [0.1, 0.15) is 0 Å². The quantitative estimate of drug-likeness (QED) is 0.837. The topological polar surface area (TPSA) is 43.1 Å². The largest absolute Gasteiger partial charge is 0.327 e. The third-order valence-corrected chi connectivity index (χ3v) is 3.44. The summed E-state index contributed by atoms with van der Waals surface area (Å²) in [5.41, 5.74) is 6.12. The molecule has 2 nitrogen and oxygen atoms in total. The Labute approximate surface area is 106 Å². The summed E-state index contributed by atoms with van der Waals surface area (Å²) >= 11 is 7.10. The molecule has 1 unspecified atom stereocenters. The van der Waals surface area contributed by atoms with Gasteiger partial charge in [0.15, 0.2) is 5.78 Å². The highest BCUT2D eigenvalue weighted by molar-refractivity contribution is 7.18. The summed E-state index contributed by atoms with van der Waals surface area (Å²) in [4.78, 5) is 12.5. The van der Waals surface area contributed by atoms with Gasteiger partial charge in [-0.2, -0.15) is 0 Å². The van der Waals surface area contributed by atoms with E-state index in [1.807, 2.05) is 0 Å². The molecule has 2 N–H and O–H groups in total. The van der Waals surface area contributed by atoms with Crippen molar-refractivity contribution in [1.82, 2.24) is 0 Å². The fourth-order valence-corrected chi connectivity index (χ4v) is 2.65. The summed E-state index contributed by atoms with van der Waals surface area (Å²) in [6.07, 6.45) is 1.24. The Hall–Kier alpha value is -0.380. The standard InChI is InChI=1S/C12H18ClNOS/c1-12(2,3)7-8(14)6-9(15)10-4-5-11(13)16-10/h4-5,8H,6-7,14H2,1-3H3. The second-order valence-corrected chi connectivity index (χ2v) is 6.97. The summed E-state index contributed by atoms with van der Waals surface area (Å²) in [6.45, 7) is 6.37. The minimum absolute atomic E-state index is 0.0756. The average Bonchev–Trinajstić information content (AvgIpc) is 2.47. The highest BCUT2D eigenvalue weighted by Gasteiger charge is 2.19. The van der Waals surface area contributed by atoms with Gasteiger partial charge in [0, 0.05) is 12.5 Å². The number of carbonyl (C=O) groups excluding carboxylic acids is 1. The maximum absolute atomic E-state index is 11.8. The molecular formula is C12H18ClNOS. The predicted molar refractivity (Wildman–Crippen MR) is 70.3 cm³/mol. The van der Waals surface area contributed by atoms with Gasteiger partial charge in [-0.05, 0) is 24.0 Å². The monoisotopic (exact) mass is 259 g/mol. The van der Waals surface area contributed by atoms with Crippen LogP contribution in [0.5, 0.6) is 0 Å². The van der Waals surface area contributed by atoms with Crippen LogP contribution in [0.3, 0.4) is 0 Å². The van der Waals surface area contributed by atoms with Gasteiger partial charge < -0.3 is 5.73 Å². The molecule has 0 amide bonds. The van der Waals surface area contributed by atoms with Gasteiger partial charge in [0.25, 0.3) is 0 Å². The van der Waals surface area contributed by atoms with Crippen molar-refractivity contribution in [3.63, 3.8) is 0 Å². The van der Waals surface area contributed by atoms with Crippen LogP contribution in [-0.2, 0) is 0 Å². The highest BCUT2D eigenvalue weighted by atomic mass is 35.5. The van der Waals surface area contributed by atoms with E-state index in [9.17, 15) is 4.79 Å². The number of nitrogens with two attached hydrogens (primary N) is 1. The molecule has 0 fully saturated rings. The number of hydrogen-bond acceptors (Lipinski definition) is 3. The second kappa shape index (κ2) is 5.30. The van der Waals surface area contributed by atoms with E-state index in [0.717, 1.165) is 6.42 Å². The molecule has 0 radical (unpaired) electrons. The Morgan fingerprint density at radius 1 is 1.50 bits per heavy atom. The lowest BCUT2D eigenvalue weighted by Gasteiger charge is -2.22. The van der Waals surface area contributed by atoms with Crippen LogP contribution in [0.4, 0.5) is 0 Å². The van der Waals surface area contributed by atoms with E-state index in [1.165, 1.54) is 11.3 Å². The van der Waals surface area contributed by atoms with Crippen molar-refractivity contribution in [2.24, 2.45) is 11.1 Å². The van der Waals surface area contributed by atoms with Gasteiger partial charge in [-0.1, -0.05) is 32.4 Å². The molecule has 0 aromatic carbocycles. The first kappa shape index (κ1) is 13.7. The Bertz CT molecular complexity index is 367. The van der Waals surface area contributed by atoms with E-state index in [0.29, 0.717) is 15.6 Å². The van der Waals surface area contributed by atoms with Crippen LogP contribution in [-0.4, -0.2) is 11.8 Å². The Balaban J connectivity index is 2.52. The molecule has 1 heterocycles. The zero-order chi connectivity index (χ0) is 12.3. The highest BCUT2D eigenvalue weighted by Crippen LogP contribution is 2.25. The lowest BCUT2D eigenvalue weighted by Crippen LogP contribution is -2.28. The van der Waals surface area contributed by atoms with Gasteiger partial charge in [-0.25, -0.2) is 0 Å². The van der Waals surface area contributed by atoms with Crippen LogP contribution in [0.25, 0.3) is 0 Å².